The van der Waals surface area contributed by atoms with Crippen molar-refractivity contribution in [3.8, 4) is 6.07 Å². The van der Waals surface area contributed by atoms with E-state index in [1.165, 1.54) is 9.58 Å². The molecule has 1 amide bonds. The number of aryl methyl sites for hydroxylation is 1. The third kappa shape index (κ3) is 3.32. The van der Waals surface area contributed by atoms with Crippen LogP contribution in [0, 0.1) is 11.3 Å². The third-order valence-corrected chi connectivity index (χ3v) is 3.23. The molecule has 114 valence electrons. The molecule has 1 fully saturated rings. The highest BCUT2D eigenvalue weighted by molar-refractivity contribution is 5.69. The van der Waals surface area contributed by atoms with Gasteiger partial charge in [-0.15, -0.1) is 0 Å². The number of nitrogens with zero attached hydrogens (tertiary/aromatic N) is 4. The zero-order valence-electron chi connectivity index (χ0n) is 12.6. The fourth-order valence-electron chi connectivity index (χ4n) is 2.34. The molecule has 1 aliphatic heterocycles. The van der Waals surface area contributed by atoms with Gasteiger partial charge in [-0.3, -0.25) is 9.58 Å². The monoisotopic (exact) mass is 294 g/mol. The van der Waals surface area contributed by atoms with Gasteiger partial charge in [0.25, 0.3) is 0 Å². The normalized spacial score (nSPS) is 22.2. The quantitative estimate of drug-likeness (QED) is 0.797. The van der Waals surface area contributed by atoms with Crippen molar-refractivity contribution in [2.45, 2.75) is 45.0 Å². The molecule has 2 rings (SSSR count). The summed E-state index contributed by atoms with van der Waals surface area (Å²) in [6.45, 7) is 5.27. The fraction of sp³-hybridized carbons (Fsp3) is 0.643. The minimum atomic E-state index is -1.12. The molecule has 21 heavy (non-hydrogen) atoms. The van der Waals surface area contributed by atoms with Gasteiger partial charge < -0.3 is 4.74 Å². The molecule has 2 heterocycles. The maximum Gasteiger partial charge on any atom is 0.410 e. The molecule has 0 unspecified atom stereocenters. The number of likely N-dealkylation sites (tertiary alicyclic amines) is 1. The molecule has 6 nitrogen and oxygen atoms in total. The highest BCUT2D eigenvalue weighted by atomic mass is 19.1. The number of alkyl halides is 1. The predicted molar refractivity (Wildman–Crippen MR) is 73.1 cm³/mol. The highest BCUT2D eigenvalue weighted by Crippen LogP contribution is 2.34. The Labute approximate surface area is 123 Å². The van der Waals surface area contributed by atoms with E-state index in [-0.39, 0.29) is 13.0 Å². The van der Waals surface area contributed by atoms with Crippen molar-refractivity contribution in [2.75, 3.05) is 6.54 Å². The van der Waals surface area contributed by atoms with Crippen molar-refractivity contribution in [3.05, 3.63) is 17.5 Å². The maximum absolute atomic E-state index is 13.7. The van der Waals surface area contributed by atoms with Gasteiger partial charge in [-0.2, -0.15) is 10.4 Å². The molecule has 0 aliphatic carbocycles. The van der Waals surface area contributed by atoms with Gasteiger partial charge in [-0.1, -0.05) is 0 Å². The molecule has 0 aromatic carbocycles. The molecule has 0 N–H and O–H groups in total. The average molecular weight is 294 g/mol. The molecule has 1 aliphatic rings. The lowest BCUT2D eigenvalue weighted by atomic mass is 10.1. The van der Waals surface area contributed by atoms with Crippen molar-refractivity contribution in [1.29, 1.82) is 5.26 Å². The summed E-state index contributed by atoms with van der Waals surface area (Å²) in [5, 5.41) is 13.2. The number of aromatic nitrogens is 2. The second-order valence-corrected chi connectivity index (χ2v) is 6.17. The van der Waals surface area contributed by atoms with E-state index < -0.39 is 23.9 Å². The number of halogens is 1. The SMILES string of the molecule is Cn1nc([C@@H]2C[C@@H](F)CN2C(=O)OC(C)(C)C)cc1C#N. The summed E-state index contributed by atoms with van der Waals surface area (Å²) in [5.41, 5.74) is 0.245. The summed E-state index contributed by atoms with van der Waals surface area (Å²) >= 11 is 0. The van der Waals surface area contributed by atoms with Crippen LogP contribution in [0.2, 0.25) is 0 Å². The molecular weight excluding hydrogens is 275 g/mol. The Morgan fingerprint density at radius 1 is 1.57 bits per heavy atom. The van der Waals surface area contributed by atoms with Crippen LogP contribution in [0.25, 0.3) is 0 Å². The molecule has 1 aromatic heterocycles. The smallest absolute Gasteiger partial charge is 0.410 e. The zero-order chi connectivity index (χ0) is 15.8. The van der Waals surface area contributed by atoms with E-state index >= 15 is 0 Å². The number of ether oxygens (including phenoxy) is 1. The fourth-order valence-corrected chi connectivity index (χ4v) is 2.34. The van der Waals surface area contributed by atoms with Crippen molar-refractivity contribution in [2.24, 2.45) is 7.05 Å². The molecule has 7 heteroatoms. The zero-order valence-corrected chi connectivity index (χ0v) is 12.6. The standard InChI is InChI=1S/C14H19FN4O2/c1-14(2,3)21-13(20)19-8-9(15)5-12(19)11-6-10(7-16)18(4)17-11/h6,9,12H,5,8H2,1-4H3/t9-,12+/m1/s1. The Kier molecular flexibility index (Phi) is 3.90. The Morgan fingerprint density at radius 2 is 2.24 bits per heavy atom. The summed E-state index contributed by atoms with van der Waals surface area (Å²) in [4.78, 5) is 13.5. The van der Waals surface area contributed by atoms with Crippen molar-refractivity contribution in [3.63, 3.8) is 0 Å². The molecule has 2 atom stereocenters. The Morgan fingerprint density at radius 3 is 2.76 bits per heavy atom. The number of rotatable bonds is 1. The van der Waals surface area contributed by atoms with Gasteiger partial charge >= 0.3 is 6.09 Å². The Balaban J connectivity index is 2.24. The molecule has 0 spiro atoms. The maximum atomic E-state index is 13.7. The third-order valence-electron chi connectivity index (χ3n) is 3.23. The summed E-state index contributed by atoms with van der Waals surface area (Å²) in [6, 6.07) is 3.09. The number of hydrogen-bond donors (Lipinski definition) is 0. The Hall–Kier alpha value is -2.10. The van der Waals surface area contributed by atoms with Crippen LogP contribution in [-0.4, -0.2) is 39.1 Å². The molecule has 1 saturated heterocycles. The van der Waals surface area contributed by atoms with Gasteiger partial charge in [0.1, 0.15) is 23.5 Å². The molecule has 0 radical (unpaired) electrons. The highest BCUT2D eigenvalue weighted by Gasteiger charge is 2.40. The van der Waals surface area contributed by atoms with Gasteiger partial charge in [0.05, 0.1) is 18.3 Å². The predicted octanol–water partition coefficient (Wildman–Crippen LogP) is 2.31. The number of carbonyl (C=O) groups is 1. The number of carbonyl (C=O) groups excluding carboxylic acids is 1. The summed E-state index contributed by atoms with van der Waals surface area (Å²) in [6.07, 6.45) is -1.51. The Bertz CT molecular complexity index is 585. The van der Waals surface area contributed by atoms with E-state index in [1.807, 2.05) is 6.07 Å². The van der Waals surface area contributed by atoms with Crippen LogP contribution in [0.15, 0.2) is 6.07 Å². The van der Waals surface area contributed by atoms with Crippen molar-refractivity contribution < 1.29 is 13.9 Å². The van der Waals surface area contributed by atoms with Crippen molar-refractivity contribution in [1.82, 2.24) is 14.7 Å². The van der Waals surface area contributed by atoms with E-state index in [0.717, 1.165) is 0 Å². The second-order valence-electron chi connectivity index (χ2n) is 6.17. The molecule has 0 bridgehead atoms. The van der Waals surface area contributed by atoms with Gasteiger partial charge in [0, 0.05) is 13.5 Å². The van der Waals surface area contributed by atoms with E-state index in [9.17, 15) is 9.18 Å². The molecular formula is C14H19FN4O2. The van der Waals surface area contributed by atoms with E-state index in [2.05, 4.69) is 5.10 Å². The number of nitriles is 1. The van der Waals surface area contributed by atoms with Gasteiger partial charge in [0.15, 0.2) is 0 Å². The minimum Gasteiger partial charge on any atom is -0.444 e. The first kappa shape index (κ1) is 15.3. The summed E-state index contributed by atoms with van der Waals surface area (Å²) in [7, 11) is 1.64. The largest absolute Gasteiger partial charge is 0.444 e. The van der Waals surface area contributed by atoms with Crippen LogP contribution >= 0.6 is 0 Å². The number of amides is 1. The van der Waals surface area contributed by atoms with Crippen molar-refractivity contribution >= 4 is 6.09 Å². The molecule has 1 aromatic rings. The summed E-state index contributed by atoms with van der Waals surface area (Å²) in [5.74, 6) is 0. The first-order chi connectivity index (χ1) is 9.71. The van der Waals surface area contributed by atoms with Crippen LogP contribution in [0.5, 0.6) is 0 Å². The van der Waals surface area contributed by atoms with Crippen LogP contribution in [0.1, 0.15) is 44.6 Å². The summed E-state index contributed by atoms with van der Waals surface area (Å²) < 4.78 is 20.5. The van der Waals surface area contributed by atoms with E-state index in [0.29, 0.717) is 11.4 Å². The first-order valence-corrected chi connectivity index (χ1v) is 6.79. The number of hydrogen-bond acceptors (Lipinski definition) is 4. The van der Waals surface area contributed by atoms with E-state index in [1.54, 1.807) is 33.9 Å². The second kappa shape index (κ2) is 5.35. The minimum absolute atomic E-state index is 0.0158. The van der Waals surface area contributed by atoms with Crippen LogP contribution in [0.4, 0.5) is 9.18 Å². The van der Waals surface area contributed by atoms with Crippen LogP contribution in [-0.2, 0) is 11.8 Å². The topological polar surface area (TPSA) is 71.2 Å². The van der Waals surface area contributed by atoms with Gasteiger partial charge in [-0.25, -0.2) is 9.18 Å². The first-order valence-electron chi connectivity index (χ1n) is 6.79. The lowest BCUT2D eigenvalue weighted by molar-refractivity contribution is 0.0213. The lowest BCUT2D eigenvalue weighted by Crippen LogP contribution is -2.37. The van der Waals surface area contributed by atoms with Crippen LogP contribution in [0.3, 0.4) is 0 Å². The van der Waals surface area contributed by atoms with E-state index in [4.69, 9.17) is 10.00 Å². The van der Waals surface area contributed by atoms with Gasteiger partial charge in [-0.05, 0) is 26.8 Å². The lowest BCUT2D eigenvalue weighted by Gasteiger charge is -2.27. The van der Waals surface area contributed by atoms with Crippen LogP contribution < -0.4 is 0 Å². The molecule has 0 saturated carbocycles. The van der Waals surface area contributed by atoms with Gasteiger partial charge in [0.2, 0.25) is 0 Å². The average Bonchev–Trinajstić information content (AvgIpc) is 2.90.